The van der Waals surface area contributed by atoms with E-state index >= 15 is 0 Å². The van der Waals surface area contributed by atoms with Gasteiger partial charge in [0.1, 0.15) is 0 Å². The molecule has 1 fully saturated rings. The minimum absolute atomic E-state index is 0.257. The highest BCUT2D eigenvalue weighted by Crippen LogP contribution is 2.26. The fraction of sp³-hybridized carbons (Fsp3) is 1.00. The van der Waals surface area contributed by atoms with Gasteiger partial charge < -0.3 is 10.4 Å². The van der Waals surface area contributed by atoms with Crippen LogP contribution in [0.3, 0.4) is 0 Å². The highest BCUT2D eigenvalue weighted by atomic mass is 16.3. The van der Waals surface area contributed by atoms with Gasteiger partial charge in [0.15, 0.2) is 0 Å². The molecule has 0 radical (unpaired) electrons. The number of hydrogen-bond acceptors (Lipinski definition) is 2. The Bertz CT molecular complexity index is 138. The van der Waals surface area contributed by atoms with E-state index in [9.17, 15) is 0 Å². The molecule has 0 aromatic carbocycles. The molecule has 0 aliphatic heterocycles. The molecule has 2 N–H and O–H groups in total. The molecule has 13 heavy (non-hydrogen) atoms. The van der Waals surface area contributed by atoms with E-state index in [1.807, 2.05) is 0 Å². The molecule has 1 aliphatic rings. The van der Waals surface area contributed by atoms with E-state index in [1.54, 1.807) is 0 Å². The van der Waals surface area contributed by atoms with Crippen LogP contribution >= 0.6 is 0 Å². The first kappa shape index (κ1) is 11.0. The Morgan fingerprint density at radius 1 is 1.38 bits per heavy atom. The lowest BCUT2D eigenvalue weighted by Gasteiger charge is -2.33. The van der Waals surface area contributed by atoms with Crippen molar-refractivity contribution >= 4 is 0 Å². The van der Waals surface area contributed by atoms with Crippen molar-refractivity contribution in [3.8, 4) is 0 Å². The summed E-state index contributed by atoms with van der Waals surface area (Å²) >= 11 is 0. The first-order chi connectivity index (χ1) is 6.27. The number of aliphatic hydroxyl groups is 1. The molecule has 1 rings (SSSR count). The second-order valence-electron chi connectivity index (χ2n) is 4.31. The van der Waals surface area contributed by atoms with E-state index in [2.05, 4.69) is 19.2 Å². The molecule has 1 aliphatic carbocycles. The van der Waals surface area contributed by atoms with Crippen molar-refractivity contribution in [2.24, 2.45) is 5.92 Å². The van der Waals surface area contributed by atoms with Crippen molar-refractivity contribution in [3.63, 3.8) is 0 Å². The molecular weight excluding hydrogens is 162 g/mol. The van der Waals surface area contributed by atoms with Crippen molar-refractivity contribution in [3.05, 3.63) is 0 Å². The van der Waals surface area contributed by atoms with Crippen LogP contribution in [0.5, 0.6) is 0 Å². The largest absolute Gasteiger partial charge is 0.395 e. The van der Waals surface area contributed by atoms with Crippen molar-refractivity contribution in [1.82, 2.24) is 5.32 Å². The van der Waals surface area contributed by atoms with Gasteiger partial charge in [0.25, 0.3) is 0 Å². The molecule has 0 amide bonds. The molecule has 3 atom stereocenters. The number of nitrogens with one attached hydrogen (secondary N) is 1. The molecule has 2 nitrogen and oxygen atoms in total. The molecule has 0 heterocycles. The van der Waals surface area contributed by atoms with E-state index in [0.717, 1.165) is 5.92 Å². The maximum absolute atomic E-state index is 8.96. The summed E-state index contributed by atoms with van der Waals surface area (Å²) in [7, 11) is 0. The molecule has 0 aromatic rings. The minimum Gasteiger partial charge on any atom is -0.395 e. The summed E-state index contributed by atoms with van der Waals surface area (Å²) in [5.74, 6) is 0.836. The van der Waals surface area contributed by atoms with Crippen LogP contribution in [-0.2, 0) is 0 Å². The van der Waals surface area contributed by atoms with Crippen LogP contribution in [0.25, 0.3) is 0 Å². The van der Waals surface area contributed by atoms with Crippen LogP contribution < -0.4 is 5.32 Å². The Balaban J connectivity index is 2.35. The zero-order valence-corrected chi connectivity index (χ0v) is 8.92. The Labute approximate surface area is 81.7 Å². The summed E-state index contributed by atoms with van der Waals surface area (Å²) < 4.78 is 0. The van der Waals surface area contributed by atoms with E-state index in [-0.39, 0.29) is 12.6 Å². The first-order valence-electron chi connectivity index (χ1n) is 5.64. The van der Waals surface area contributed by atoms with Gasteiger partial charge in [-0.3, -0.25) is 0 Å². The zero-order valence-electron chi connectivity index (χ0n) is 8.92. The summed E-state index contributed by atoms with van der Waals surface area (Å²) in [5, 5.41) is 12.5. The highest BCUT2D eigenvalue weighted by Gasteiger charge is 2.24. The summed E-state index contributed by atoms with van der Waals surface area (Å²) in [5.41, 5.74) is 0. The van der Waals surface area contributed by atoms with Gasteiger partial charge in [0.05, 0.1) is 6.61 Å². The fourth-order valence-corrected chi connectivity index (χ4v) is 2.33. The van der Waals surface area contributed by atoms with E-state index in [0.29, 0.717) is 6.04 Å². The molecule has 0 unspecified atom stereocenters. The van der Waals surface area contributed by atoms with E-state index in [4.69, 9.17) is 5.11 Å². The molecule has 78 valence electrons. The molecule has 0 spiro atoms. The monoisotopic (exact) mass is 185 g/mol. The van der Waals surface area contributed by atoms with E-state index < -0.39 is 0 Å². The van der Waals surface area contributed by atoms with Gasteiger partial charge in [-0.1, -0.05) is 26.2 Å². The van der Waals surface area contributed by atoms with Gasteiger partial charge in [-0.15, -0.1) is 0 Å². The number of hydrogen-bond donors (Lipinski definition) is 2. The quantitative estimate of drug-likeness (QED) is 0.701. The van der Waals surface area contributed by atoms with Crippen LogP contribution in [0.15, 0.2) is 0 Å². The predicted octanol–water partition coefficient (Wildman–Crippen LogP) is 1.93. The lowest BCUT2D eigenvalue weighted by atomic mass is 9.82. The number of aliphatic hydroxyl groups excluding tert-OH is 1. The van der Waals surface area contributed by atoms with E-state index in [1.165, 1.54) is 32.1 Å². The van der Waals surface area contributed by atoms with Crippen molar-refractivity contribution in [1.29, 1.82) is 0 Å². The minimum atomic E-state index is 0.257. The Morgan fingerprint density at radius 3 is 2.69 bits per heavy atom. The summed E-state index contributed by atoms with van der Waals surface area (Å²) in [6.45, 7) is 4.59. The van der Waals surface area contributed by atoms with Crippen molar-refractivity contribution < 1.29 is 5.11 Å². The maximum Gasteiger partial charge on any atom is 0.0582 e. The third-order valence-corrected chi connectivity index (χ3v) is 3.21. The normalized spacial score (nSPS) is 31.6. The van der Waals surface area contributed by atoms with Gasteiger partial charge in [0.2, 0.25) is 0 Å². The summed E-state index contributed by atoms with van der Waals surface area (Å²) in [6, 6.07) is 0.915. The SMILES string of the molecule is CC[C@@H]1CCCC[C@H]1N[C@H](C)CO. The average molecular weight is 185 g/mol. The first-order valence-corrected chi connectivity index (χ1v) is 5.64. The molecule has 0 aromatic heterocycles. The zero-order chi connectivity index (χ0) is 9.68. The molecule has 1 saturated carbocycles. The fourth-order valence-electron chi connectivity index (χ4n) is 2.33. The Morgan fingerprint density at radius 2 is 2.08 bits per heavy atom. The van der Waals surface area contributed by atoms with Crippen molar-refractivity contribution in [2.45, 2.75) is 58.0 Å². The van der Waals surface area contributed by atoms with Crippen LogP contribution in [0.2, 0.25) is 0 Å². The van der Waals surface area contributed by atoms with Crippen LogP contribution in [0.4, 0.5) is 0 Å². The highest BCUT2D eigenvalue weighted by molar-refractivity contribution is 4.81. The summed E-state index contributed by atoms with van der Waals surface area (Å²) in [4.78, 5) is 0. The second kappa shape index (κ2) is 5.61. The van der Waals surface area contributed by atoms with Crippen LogP contribution in [-0.4, -0.2) is 23.8 Å². The second-order valence-corrected chi connectivity index (χ2v) is 4.31. The maximum atomic E-state index is 8.96. The van der Waals surface area contributed by atoms with Gasteiger partial charge in [-0.2, -0.15) is 0 Å². The molecule has 0 saturated heterocycles. The van der Waals surface area contributed by atoms with Gasteiger partial charge in [-0.05, 0) is 25.7 Å². The third-order valence-electron chi connectivity index (χ3n) is 3.21. The van der Waals surface area contributed by atoms with Crippen molar-refractivity contribution in [2.75, 3.05) is 6.61 Å². The molecule has 0 bridgehead atoms. The predicted molar refractivity (Wildman–Crippen MR) is 55.7 cm³/mol. The smallest absolute Gasteiger partial charge is 0.0582 e. The van der Waals surface area contributed by atoms with Gasteiger partial charge in [0, 0.05) is 12.1 Å². The third kappa shape index (κ3) is 3.28. The lowest BCUT2D eigenvalue weighted by Crippen LogP contribution is -2.44. The molecular formula is C11H23NO. The van der Waals surface area contributed by atoms with Crippen LogP contribution in [0, 0.1) is 5.92 Å². The average Bonchev–Trinajstić information content (AvgIpc) is 2.18. The summed E-state index contributed by atoms with van der Waals surface area (Å²) in [6.07, 6.45) is 6.68. The lowest BCUT2D eigenvalue weighted by molar-refractivity contribution is 0.194. The van der Waals surface area contributed by atoms with Crippen LogP contribution in [0.1, 0.15) is 46.0 Å². The van der Waals surface area contributed by atoms with Gasteiger partial charge >= 0.3 is 0 Å². The standard InChI is InChI=1S/C11H23NO/c1-3-10-6-4-5-7-11(10)12-9(2)8-13/h9-13H,3-8H2,1-2H3/t9-,10-,11-/m1/s1. The molecule has 2 heteroatoms. The Kier molecular flexibility index (Phi) is 4.74. The number of rotatable bonds is 4. The Hall–Kier alpha value is -0.0800. The van der Waals surface area contributed by atoms with Gasteiger partial charge in [-0.25, -0.2) is 0 Å². The topological polar surface area (TPSA) is 32.3 Å².